The molecule has 1 amide bonds. The maximum atomic E-state index is 11.9. The van der Waals surface area contributed by atoms with E-state index in [-0.39, 0.29) is 24.4 Å². The van der Waals surface area contributed by atoms with Gasteiger partial charge in [0.15, 0.2) is 0 Å². The van der Waals surface area contributed by atoms with Gasteiger partial charge >= 0.3 is 0 Å². The number of hydrogen-bond acceptors (Lipinski definition) is 2. The van der Waals surface area contributed by atoms with Crippen molar-refractivity contribution in [3.05, 3.63) is 34.9 Å². The summed E-state index contributed by atoms with van der Waals surface area (Å²) in [6.45, 7) is 0.379. The highest BCUT2D eigenvalue weighted by atomic mass is 35.5. The van der Waals surface area contributed by atoms with Gasteiger partial charge < -0.3 is 10.6 Å². The number of rotatable bonds is 6. The summed E-state index contributed by atoms with van der Waals surface area (Å²) in [5, 5.41) is 6.89. The SMILES string of the molecule is CNCC(=O)NC(Cc1ccc(Cl)cc1)C1CCCCC1.Cl. The number of benzene rings is 1. The molecule has 0 saturated heterocycles. The Morgan fingerprint density at radius 1 is 1.23 bits per heavy atom. The lowest BCUT2D eigenvalue weighted by atomic mass is 9.81. The molecule has 1 aromatic rings. The molecule has 22 heavy (non-hydrogen) atoms. The Labute approximate surface area is 144 Å². The number of nitrogens with one attached hydrogen (secondary N) is 2. The van der Waals surface area contributed by atoms with E-state index in [0.29, 0.717) is 12.5 Å². The molecule has 1 aromatic carbocycles. The van der Waals surface area contributed by atoms with Crippen molar-refractivity contribution < 1.29 is 4.79 Å². The number of hydrogen-bond donors (Lipinski definition) is 2. The Hall–Kier alpha value is -0.770. The fraction of sp³-hybridized carbons (Fsp3) is 0.588. The number of halogens is 2. The van der Waals surface area contributed by atoms with Gasteiger partial charge in [-0.15, -0.1) is 12.4 Å². The zero-order valence-corrected chi connectivity index (χ0v) is 14.7. The number of carbonyl (C=O) groups is 1. The van der Waals surface area contributed by atoms with Gasteiger partial charge in [-0.2, -0.15) is 0 Å². The third-order valence-corrected chi connectivity index (χ3v) is 4.52. The average molecular weight is 345 g/mol. The molecule has 2 N–H and O–H groups in total. The molecule has 1 saturated carbocycles. The van der Waals surface area contributed by atoms with Gasteiger partial charge in [0, 0.05) is 11.1 Å². The molecule has 1 unspecified atom stereocenters. The van der Waals surface area contributed by atoms with Gasteiger partial charge in [0.05, 0.1) is 6.54 Å². The lowest BCUT2D eigenvalue weighted by molar-refractivity contribution is -0.121. The lowest BCUT2D eigenvalue weighted by Crippen LogP contribution is -2.45. The van der Waals surface area contributed by atoms with Crippen LogP contribution in [0.1, 0.15) is 37.7 Å². The van der Waals surface area contributed by atoms with Crippen LogP contribution in [0.5, 0.6) is 0 Å². The number of amides is 1. The van der Waals surface area contributed by atoms with Crippen LogP contribution in [-0.2, 0) is 11.2 Å². The van der Waals surface area contributed by atoms with Gasteiger partial charge in [0.25, 0.3) is 0 Å². The minimum atomic E-state index is 0. The van der Waals surface area contributed by atoms with Crippen molar-refractivity contribution in [2.75, 3.05) is 13.6 Å². The predicted molar refractivity (Wildman–Crippen MR) is 94.8 cm³/mol. The monoisotopic (exact) mass is 344 g/mol. The van der Waals surface area contributed by atoms with Crippen LogP contribution in [0.25, 0.3) is 0 Å². The molecule has 1 atom stereocenters. The van der Waals surface area contributed by atoms with Gasteiger partial charge in [-0.3, -0.25) is 4.79 Å². The third kappa shape index (κ3) is 6.15. The summed E-state index contributed by atoms with van der Waals surface area (Å²) in [5.41, 5.74) is 1.24. The Kier molecular flexibility index (Phi) is 8.84. The maximum absolute atomic E-state index is 11.9. The molecule has 1 aliphatic rings. The first-order valence-electron chi connectivity index (χ1n) is 7.87. The van der Waals surface area contributed by atoms with E-state index in [1.807, 2.05) is 12.1 Å². The average Bonchev–Trinajstić information content (AvgIpc) is 2.50. The summed E-state index contributed by atoms with van der Waals surface area (Å²) in [6.07, 6.45) is 7.22. The Morgan fingerprint density at radius 3 is 2.45 bits per heavy atom. The van der Waals surface area contributed by atoms with Crippen molar-refractivity contribution in [2.24, 2.45) is 5.92 Å². The molecule has 5 heteroatoms. The molecule has 0 aromatic heterocycles. The van der Waals surface area contributed by atoms with E-state index in [0.717, 1.165) is 11.4 Å². The predicted octanol–water partition coefficient (Wildman–Crippen LogP) is 3.59. The van der Waals surface area contributed by atoms with E-state index in [4.69, 9.17) is 11.6 Å². The zero-order chi connectivity index (χ0) is 15.1. The van der Waals surface area contributed by atoms with Crippen molar-refractivity contribution in [3.8, 4) is 0 Å². The molecule has 0 bridgehead atoms. The van der Waals surface area contributed by atoms with E-state index in [1.165, 1.54) is 37.7 Å². The summed E-state index contributed by atoms with van der Waals surface area (Å²) >= 11 is 5.94. The second-order valence-electron chi connectivity index (χ2n) is 5.93. The van der Waals surface area contributed by atoms with Crippen LogP contribution >= 0.6 is 24.0 Å². The Balaban J connectivity index is 0.00000242. The standard InChI is InChI=1S/C17H25ClN2O.ClH/c1-19-12-17(21)20-16(14-5-3-2-4-6-14)11-13-7-9-15(18)10-8-13;/h7-10,14,16,19H,2-6,11-12H2,1H3,(H,20,21);1H. The molecule has 1 aliphatic carbocycles. The molecule has 1 fully saturated rings. The molecule has 0 spiro atoms. The van der Waals surface area contributed by atoms with Crippen molar-refractivity contribution in [3.63, 3.8) is 0 Å². The second-order valence-corrected chi connectivity index (χ2v) is 6.37. The van der Waals surface area contributed by atoms with Crippen LogP contribution in [0.15, 0.2) is 24.3 Å². The van der Waals surface area contributed by atoms with Gasteiger partial charge in [-0.1, -0.05) is 43.0 Å². The van der Waals surface area contributed by atoms with Crippen LogP contribution in [0.3, 0.4) is 0 Å². The van der Waals surface area contributed by atoms with Crippen LogP contribution in [0.4, 0.5) is 0 Å². The molecular weight excluding hydrogens is 319 g/mol. The van der Waals surface area contributed by atoms with E-state index in [2.05, 4.69) is 22.8 Å². The minimum Gasteiger partial charge on any atom is -0.352 e. The summed E-state index contributed by atoms with van der Waals surface area (Å²) in [7, 11) is 1.80. The molecule has 0 aliphatic heterocycles. The normalized spacial score (nSPS) is 16.6. The van der Waals surface area contributed by atoms with Gasteiger partial charge in [0.1, 0.15) is 0 Å². The summed E-state index contributed by atoms with van der Waals surface area (Å²) in [5.74, 6) is 0.678. The summed E-state index contributed by atoms with van der Waals surface area (Å²) in [4.78, 5) is 11.9. The van der Waals surface area contributed by atoms with Crippen LogP contribution in [-0.4, -0.2) is 25.5 Å². The topological polar surface area (TPSA) is 41.1 Å². The van der Waals surface area contributed by atoms with Crippen molar-refractivity contribution >= 4 is 29.9 Å². The summed E-state index contributed by atoms with van der Waals surface area (Å²) in [6, 6.07) is 8.19. The van der Waals surface area contributed by atoms with Crippen LogP contribution < -0.4 is 10.6 Å². The molecule has 3 nitrogen and oxygen atoms in total. The van der Waals surface area contributed by atoms with Gasteiger partial charge in [-0.25, -0.2) is 0 Å². The quantitative estimate of drug-likeness (QED) is 0.827. The number of carbonyl (C=O) groups excluding carboxylic acids is 1. The lowest BCUT2D eigenvalue weighted by Gasteiger charge is -2.31. The van der Waals surface area contributed by atoms with Crippen molar-refractivity contribution in [1.29, 1.82) is 0 Å². The van der Waals surface area contributed by atoms with Crippen molar-refractivity contribution in [2.45, 2.75) is 44.6 Å². The minimum absolute atomic E-state index is 0. The Morgan fingerprint density at radius 2 is 1.86 bits per heavy atom. The molecule has 2 rings (SSSR count). The maximum Gasteiger partial charge on any atom is 0.234 e. The third-order valence-electron chi connectivity index (χ3n) is 4.27. The molecule has 0 heterocycles. The molecule has 124 valence electrons. The van der Waals surface area contributed by atoms with E-state index in [9.17, 15) is 4.79 Å². The summed E-state index contributed by atoms with van der Waals surface area (Å²) < 4.78 is 0. The molecule has 0 radical (unpaired) electrons. The fourth-order valence-corrected chi connectivity index (χ4v) is 3.29. The van der Waals surface area contributed by atoms with Crippen LogP contribution in [0, 0.1) is 5.92 Å². The van der Waals surface area contributed by atoms with Gasteiger partial charge in [0.2, 0.25) is 5.91 Å². The zero-order valence-electron chi connectivity index (χ0n) is 13.1. The largest absolute Gasteiger partial charge is 0.352 e. The van der Waals surface area contributed by atoms with Crippen LogP contribution in [0.2, 0.25) is 5.02 Å². The number of likely N-dealkylation sites (N-methyl/N-ethyl adjacent to an activating group) is 1. The first kappa shape index (κ1) is 19.3. The first-order chi connectivity index (χ1) is 10.2. The van der Waals surface area contributed by atoms with Crippen molar-refractivity contribution in [1.82, 2.24) is 10.6 Å². The highest BCUT2D eigenvalue weighted by Gasteiger charge is 2.25. The van der Waals surface area contributed by atoms with Gasteiger partial charge in [-0.05, 0) is 49.9 Å². The highest BCUT2D eigenvalue weighted by molar-refractivity contribution is 6.30. The first-order valence-corrected chi connectivity index (χ1v) is 8.25. The second kappa shape index (κ2) is 10.1. The highest BCUT2D eigenvalue weighted by Crippen LogP contribution is 2.28. The van der Waals surface area contributed by atoms with E-state index < -0.39 is 0 Å². The Bertz CT molecular complexity index is 444. The van der Waals surface area contributed by atoms with E-state index in [1.54, 1.807) is 7.05 Å². The van der Waals surface area contributed by atoms with E-state index >= 15 is 0 Å². The fourth-order valence-electron chi connectivity index (χ4n) is 3.16. The smallest absolute Gasteiger partial charge is 0.234 e. The molecular formula is C17H26Cl2N2O.